The summed E-state index contributed by atoms with van der Waals surface area (Å²) >= 11 is 6.02. The highest BCUT2D eigenvalue weighted by molar-refractivity contribution is 6.31. The molecule has 1 aromatic carbocycles. The molecule has 2 aromatic heterocycles. The smallest absolute Gasteiger partial charge is 0.255 e. The Balaban J connectivity index is 1.49. The maximum absolute atomic E-state index is 12.5. The first-order valence-corrected chi connectivity index (χ1v) is 9.69. The van der Waals surface area contributed by atoms with Gasteiger partial charge in [0.2, 0.25) is 0 Å². The van der Waals surface area contributed by atoms with Crippen molar-refractivity contribution in [2.45, 2.75) is 18.9 Å². The summed E-state index contributed by atoms with van der Waals surface area (Å²) in [5.74, 6) is 0.659. The molecule has 8 heteroatoms. The number of halogens is 1. The largest absolute Gasteiger partial charge is 0.496 e. The van der Waals surface area contributed by atoms with Crippen molar-refractivity contribution in [2.75, 3.05) is 26.7 Å². The van der Waals surface area contributed by atoms with E-state index in [2.05, 4.69) is 21.7 Å². The first-order valence-electron chi connectivity index (χ1n) is 9.31. The van der Waals surface area contributed by atoms with Crippen molar-refractivity contribution in [1.82, 2.24) is 25.4 Å². The van der Waals surface area contributed by atoms with Crippen molar-refractivity contribution in [3.8, 4) is 5.75 Å². The van der Waals surface area contributed by atoms with Gasteiger partial charge in [-0.25, -0.2) is 9.67 Å². The van der Waals surface area contributed by atoms with Crippen LogP contribution in [0, 0.1) is 0 Å². The monoisotopic (exact) mass is 399 g/mol. The van der Waals surface area contributed by atoms with Crippen LogP contribution in [0.3, 0.4) is 0 Å². The molecule has 1 amide bonds. The van der Waals surface area contributed by atoms with Crippen LogP contribution in [0.1, 0.15) is 28.4 Å². The van der Waals surface area contributed by atoms with E-state index in [1.54, 1.807) is 24.4 Å². The quantitative estimate of drug-likeness (QED) is 0.666. The first-order chi connectivity index (χ1) is 13.7. The number of hydrogen-bond acceptors (Lipinski definition) is 5. The molecular weight excluding hydrogens is 378 g/mol. The number of nitrogens with one attached hydrogen (secondary N) is 2. The second-order valence-corrected chi connectivity index (χ2v) is 7.21. The van der Waals surface area contributed by atoms with Crippen LogP contribution in [0.5, 0.6) is 5.75 Å². The number of carbonyl (C=O) groups is 1. The fourth-order valence-corrected chi connectivity index (χ4v) is 3.78. The maximum Gasteiger partial charge on any atom is 0.255 e. The van der Waals surface area contributed by atoms with E-state index in [0.29, 0.717) is 35.3 Å². The summed E-state index contributed by atoms with van der Waals surface area (Å²) < 4.78 is 7.12. The van der Waals surface area contributed by atoms with Crippen molar-refractivity contribution in [2.24, 2.45) is 0 Å². The number of amides is 1. The van der Waals surface area contributed by atoms with Crippen molar-refractivity contribution >= 4 is 28.5 Å². The third-order valence-electron chi connectivity index (χ3n) is 5.00. The molecule has 1 saturated heterocycles. The number of ether oxygens (including phenoxy) is 1. The summed E-state index contributed by atoms with van der Waals surface area (Å²) in [4.78, 5) is 17.0. The standard InChI is InChI=1S/C20H22ClN5O2/c1-28-17-5-4-14(21)11-16(17)20(27)24-9-10-26-19-15(3-2-7-23-19)18(25-26)13-6-8-22-12-13/h2-5,7,11,13,22H,6,8-10,12H2,1H3,(H,24,27). The first kappa shape index (κ1) is 18.7. The fourth-order valence-electron chi connectivity index (χ4n) is 3.61. The van der Waals surface area contributed by atoms with Crippen molar-refractivity contribution in [1.29, 1.82) is 0 Å². The van der Waals surface area contributed by atoms with Gasteiger partial charge in [-0.1, -0.05) is 11.6 Å². The Morgan fingerprint density at radius 3 is 3.11 bits per heavy atom. The second-order valence-electron chi connectivity index (χ2n) is 6.77. The Bertz CT molecular complexity index is 997. The number of aromatic nitrogens is 3. The van der Waals surface area contributed by atoms with Gasteiger partial charge in [-0.3, -0.25) is 4.79 Å². The molecule has 3 heterocycles. The Morgan fingerprint density at radius 1 is 1.43 bits per heavy atom. The summed E-state index contributed by atoms with van der Waals surface area (Å²) in [6.07, 6.45) is 2.85. The molecule has 3 aromatic rings. The van der Waals surface area contributed by atoms with Gasteiger partial charge in [0.05, 0.1) is 24.9 Å². The molecule has 7 nitrogen and oxygen atoms in total. The van der Waals surface area contributed by atoms with Gasteiger partial charge in [0.1, 0.15) is 5.75 Å². The molecule has 1 fully saturated rings. The Morgan fingerprint density at radius 2 is 2.32 bits per heavy atom. The summed E-state index contributed by atoms with van der Waals surface area (Å²) in [6, 6.07) is 8.98. The molecule has 0 radical (unpaired) electrons. The zero-order chi connectivity index (χ0) is 19.5. The van der Waals surface area contributed by atoms with Crippen molar-refractivity contribution in [3.63, 3.8) is 0 Å². The summed E-state index contributed by atoms with van der Waals surface area (Å²) in [6.45, 7) is 2.90. The van der Waals surface area contributed by atoms with Crippen LogP contribution in [-0.2, 0) is 6.54 Å². The number of nitrogens with zero attached hydrogens (tertiary/aromatic N) is 3. The van der Waals surface area contributed by atoms with E-state index >= 15 is 0 Å². The van der Waals surface area contributed by atoms with E-state index < -0.39 is 0 Å². The predicted molar refractivity (Wildman–Crippen MR) is 108 cm³/mol. The lowest BCUT2D eigenvalue weighted by atomic mass is 10.0. The highest BCUT2D eigenvalue weighted by Crippen LogP contribution is 2.28. The molecule has 1 unspecified atom stereocenters. The molecule has 0 spiro atoms. The van der Waals surface area contributed by atoms with E-state index in [1.165, 1.54) is 7.11 Å². The second kappa shape index (κ2) is 8.16. The van der Waals surface area contributed by atoms with Gasteiger partial charge in [-0.15, -0.1) is 0 Å². The summed E-state index contributed by atoms with van der Waals surface area (Å²) in [5.41, 5.74) is 2.34. The molecule has 146 valence electrons. The van der Waals surface area contributed by atoms with E-state index in [0.717, 1.165) is 36.2 Å². The van der Waals surface area contributed by atoms with Gasteiger partial charge in [0.25, 0.3) is 5.91 Å². The molecule has 0 bridgehead atoms. The Hall–Kier alpha value is -2.64. The van der Waals surface area contributed by atoms with E-state index in [1.807, 2.05) is 10.7 Å². The third kappa shape index (κ3) is 3.68. The topological polar surface area (TPSA) is 81.1 Å². The summed E-state index contributed by atoms with van der Waals surface area (Å²) in [7, 11) is 1.53. The average Bonchev–Trinajstić information content (AvgIpc) is 3.36. The van der Waals surface area contributed by atoms with Crippen LogP contribution >= 0.6 is 11.6 Å². The Labute approximate surface area is 168 Å². The zero-order valence-electron chi connectivity index (χ0n) is 15.6. The lowest BCUT2D eigenvalue weighted by Gasteiger charge is -2.10. The minimum atomic E-state index is -0.232. The van der Waals surface area contributed by atoms with E-state index in [-0.39, 0.29) is 5.91 Å². The minimum absolute atomic E-state index is 0.232. The van der Waals surface area contributed by atoms with Crippen molar-refractivity contribution in [3.05, 3.63) is 52.8 Å². The number of carbonyl (C=O) groups excluding carboxylic acids is 1. The Kier molecular flexibility index (Phi) is 5.45. The van der Waals surface area contributed by atoms with Crippen LogP contribution in [0.15, 0.2) is 36.5 Å². The van der Waals surface area contributed by atoms with Crippen LogP contribution in [-0.4, -0.2) is 47.4 Å². The molecule has 28 heavy (non-hydrogen) atoms. The average molecular weight is 400 g/mol. The number of methoxy groups -OCH3 is 1. The van der Waals surface area contributed by atoms with Crippen LogP contribution in [0.4, 0.5) is 0 Å². The third-order valence-corrected chi connectivity index (χ3v) is 5.23. The molecular formula is C20H22ClN5O2. The molecule has 1 atom stereocenters. The minimum Gasteiger partial charge on any atom is -0.496 e. The number of rotatable bonds is 6. The molecule has 1 aliphatic heterocycles. The fraction of sp³-hybridized carbons (Fsp3) is 0.350. The lowest BCUT2D eigenvalue weighted by molar-refractivity contribution is 0.0949. The van der Waals surface area contributed by atoms with Gasteiger partial charge in [0, 0.05) is 35.6 Å². The van der Waals surface area contributed by atoms with Gasteiger partial charge in [0.15, 0.2) is 5.65 Å². The predicted octanol–water partition coefficient (Wildman–Crippen LogP) is 2.60. The number of fused-ring (bicyclic) bond motifs is 1. The molecule has 1 aliphatic rings. The van der Waals surface area contributed by atoms with Gasteiger partial charge >= 0.3 is 0 Å². The van der Waals surface area contributed by atoms with Crippen LogP contribution < -0.4 is 15.4 Å². The number of pyridine rings is 1. The highest BCUT2D eigenvalue weighted by Gasteiger charge is 2.23. The zero-order valence-corrected chi connectivity index (χ0v) is 16.4. The molecule has 0 saturated carbocycles. The number of hydrogen-bond donors (Lipinski definition) is 2. The molecule has 2 N–H and O–H groups in total. The van der Waals surface area contributed by atoms with Crippen LogP contribution in [0.25, 0.3) is 11.0 Å². The molecule has 4 rings (SSSR count). The van der Waals surface area contributed by atoms with Gasteiger partial charge in [-0.05, 0) is 43.3 Å². The van der Waals surface area contributed by atoms with Gasteiger partial charge in [-0.2, -0.15) is 5.10 Å². The van der Waals surface area contributed by atoms with E-state index in [4.69, 9.17) is 21.4 Å². The normalized spacial score (nSPS) is 16.4. The number of benzene rings is 1. The lowest BCUT2D eigenvalue weighted by Crippen LogP contribution is -2.28. The SMILES string of the molecule is COc1ccc(Cl)cc1C(=O)NCCn1nc(C2CCNC2)c2cccnc21. The van der Waals surface area contributed by atoms with E-state index in [9.17, 15) is 4.79 Å². The van der Waals surface area contributed by atoms with Crippen LogP contribution in [0.2, 0.25) is 5.02 Å². The highest BCUT2D eigenvalue weighted by atomic mass is 35.5. The molecule has 0 aliphatic carbocycles. The maximum atomic E-state index is 12.5. The van der Waals surface area contributed by atoms with Crippen molar-refractivity contribution < 1.29 is 9.53 Å². The van der Waals surface area contributed by atoms with Gasteiger partial charge < -0.3 is 15.4 Å². The summed E-state index contributed by atoms with van der Waals surface area (Å²) in [5, 5.41) is 12.7.